The molecule has 1 atom stereocenters. The van der Waals surface area contributed by atoms with Crippen LogP contribution in [0.5, 0.6) is 0 Å². The first-order chi connectivity index (χ1) is 9.13. The van der Waals surface area contributed by atoms with E-state index in [-0.39, 0.29) is 0 Å². The van der Waals surface area contributed by atoms with Crippen LogP contribution in [0.1, 0.15) is 19.2 Å². The third-order valence-corrected chi connectivity index (χ3v) is 3.52. The number of oxazole rings is 1. The molecule has 1 unspecified atom stereocenters. The standard InChI is InChI=1S/C15H23N3O/c1-5-12(9-16-3)10-18(4)13-6-7-14-15(8-13)19-11(2)17-14/h6-8,12,16H,5,9-10H2,1-4H3. The minimum absolute atomic E-state index is 0.655. The van der Waals surface area contributed by atoms with Crippen LogP contribution >= 0.6 is 0 Å². The van der Waals surface area contributed by atoms with E-state index in [2.05, 4.69) is 41.3 Å². The summed E-state index contributed by atoms with van der Waals surface area (Å²) in [5.74, 6) is 1.37. The maximum Gasteiger partial charge on any atom is 0.192 e. The summed E-state index contributed by atoms with van der Waals surface area (Å²) in [6.45, 7) is 6.20. The van der Waals surface area contributed by atoms with Crippen molar-refractivity contribution in [2.75, 3.05) is 32.1 Å². The summed E-state index contributed by atoms with van der Waals surface area (Å²) in [4.78, 5) is 6.61. The van der Waals surface area contributed by atoms with Crippen molar-refractivity contribution in [3.63, 3.8) is 0 Å². The summed E-state index contributed by atoms with van der Waals surface area (Å²) in [7, 11) is 4.13. The monoisotopic (exact) mass is 261 g/mol. The fourth-order valence-electron chi connectivity index (χ4n) is 2.39. The van der Waals surface area contributed by atoms with Crippen molar-refractivity contribution in [2.24, 2.45) is 5.92 Å². The van der Waals surface area contributed by atoms with E-state index in [1.54, 1.807) is 0 Å². The first-order valence-corrected chi connectivity index (χ1v) is 6.87. The van der Waals surface area contributed by atoms with Gasteiger partial charge in [0.1, 0.15) is 5.52 Å². The summed E-state index contributed by atoms with van der Waals surface area (Å²) in [5, 5.41) is 3.25. The minimum atomic E-state index is 0.655. The third kappa shape index (κ3) is 3.26. The molecule has 2 aromatic rings. The van der Waals surface area contributed by atoms with Crippen molar-refractivity contribution in [3.05, 3.63) is 24.1 Å². The van der Waals surface area contributed by atoms with E-state index in [1.165, 1.54) is 12.1 Å². The number of rotatable bonds is 6. The second kappa shape index (κ2) is 6.06. The van der Waals surface area contributed by atoms with E-state index in [0.717, 1.165) is 30.1 Å². The number of nitrogens with zero attached hydrogens (tertiary/aromatic N) is 2. The van der Waals surface area contributed by atoms with Crippen molar-refractivity contribution in [2.45, 2.75) is 20.3 Å². The highest BCUT2D eigenvalue weighted by molar-refractivity contribution is 5.77. The molecule has 4 nitrogen and oxygen atoms in total. The van der Waals surface area contributed by atoms with Crippen molar-refractivity contribution in [3.8, 4) is 0 Å². The predicted molar refractivity (Wildman–Crippen MR) is 79.7 cm³/mol. The van der Waals surface area contributed by atoms with Gasteiger partial charge >= 0.3 is 0 Å². The Morgan fingerprint density at radius 1 is 1.42 bits per heavy atom. The Morgan fingerprint density at radius 3 is 2.89 bits per heavy atom. The molecule has 1 aromatic carbocycles. The number of aryl methyl sites for hydroxylation is 1. The van der Waals surface area contributed by atoms with Crippen molar-refractivity contribution < 1.29 is 4.42 Å². The van der Waals surface area contributed by atoms with Crippen molar-refractivity contribution in [1.29, 1.82) is 0 Å². The summed E-state index contributed by atoms with van der Waals surface area (Å²) >= 11 is 0. The van der Waals surface area contributed by atoms with Gasteiger partial charge in [-0.05, 0) is 31.6 Å². The molecule has 1 aromatic heterocycles. The van der Waals surface area contributed by atoms with Gasteiger partial charge in [0.2, 0.25) is 0 Å². The number of fused-ring (bicyclic) bond motifs is 1. The van der Waals surface area contributed by atoms with Gasteiger partial charge in [-0.1, -0.05) is 13.3 Å². The lowest BCUT2D eigenvalue weighted by atomic mass is 10.1. The van der Waals surface area contributed by atoms with Crippen molar-refractivity contribution >= 4 is 16.8 Å². The maximum atomic E-state index is 5.59. The average molecular weight is 261 g/mol. The lowest BCUT2D eigenvalue weighted by Crippen LogP contribution is -2.30. The largest absolute Gasteiger partial charge is 0.441 e. The highest BCUT2D eigenvalue weighted by Gasteiger charge is 2.11. The molecule has 1 N–H and O–H groups in total. The Morgan fingerprint density at radius 2 is 2.21 bits per heavy atom. The summed E-state index contributed by atoms with van der Waals surface area (Å²) in [6, 6.07) is 6.20. The van der Waals surface area contributed by atoms with Crippen LogP contribution < -0.4 is 10.2 Å². The van der Waals surface area contributed by atoms with Crippen LogP contribution in [-0.2, 0) is 0 Å². The van der Waals surface area contributed by atoms with Gasteiger partial charge in [0.15, 0.2) is 11.5 Å². The van der Waals surface area contributed by atoms with Gasteiger partial charge < -0.3 is 14.6 Å². The molecule has 0 fully saturated rings. The fourth-order valence-corrected chi connectivity index (χ4v) is 2.39. The zero-order chi connectivity index (χ0) is 13.8. The molecule has 19 heavy (non-hydrogen) atoms. The number of benzene rings is 1. The third-order valence-electron chi connectivity index (χ3n) is 3.52. The lowest BCUT2D eigenvalue weighted by molar-refractivity contribution is 0.484. The molecule has 0 saturated carbocycles. The molecule has 0 bridgehead atoms. The van der Waals surface area contributed by atoms with E-state index in [1.807, 2.05) is 20.0 Å². The van der Waals surface area contributed by atoms with Crippen LogP contribution in [0.2, 0.25) is 0 Å². The Kier molecular flexibility index (Phi) is 4.43. The number of anilines is 1. The van der Waals surface area contributed by atoms with Gasteiger partial charge in [-0.25, -0.2) is 4.98 Å². The topological polar surface area (TPSA) is 41.3 Å². The first-order valence-electron chi connectivity index (χ1n) is 6.87. The minimum Gasteiger partial charge on any atom is -0.441 e. The molecule has 0 radical (unpaired) electrons. The molecule has 0 aliphatic carbocycles. The molecule has 0 amide bonds. The SMILES string of the molecule is CCC(CNC)CN(C)c1ccc2nc(C)oc2c1. The van der Waals surface area contributed by atoms with Crippen molar-refractivity contribution in [1.82, 2.24) is 10.3 Å². The fraction of sp³-hybridized carbons (Fsp3) is 0.533. The van der Waals surface area contributed by atoms with Crippen LogP contribution in [0.3, 0.4) is 0 Å². The van der Waals surface area contributed by atoms with Gasteiger partial charge in [0.25, 0.3) is 0 Å². The van der Waals surface area contributed by atoms with Gasteiger partial charge in [0.05, 0.1) is 0 Å². The zero-order valence-electron chi connectivity index (χ0n) is 12.2. The molecule has 104 valence electrons. The average Bonchev–Trinajstić information content (AvgIpc) is 2.76. The van der Waals surface area contributed by atoms with Crippen LogP contribution in [0.15, 0.2) is 22.6 Å². The Bertz CT molecular complexity index is 535. The van der Waals surface area contributed by atoms with E-state index < -0.39 is 0 Å². The van der Waals surface area contributed by atoms with E-state index in [9.17, 15) is 0 Å². The Hall–Kier alpha value is -1.55. The van der Waals surface area contributed by atoms with Crippen LogP contribution in [0.4, 0.5) is 5.69 Å². The maximum absolute atomic E-state index is 5.59. The molecule has 0 aliphatic rings. The number of nitrogens with one attached hydrogen (secondary N) is 1. The van der Waals surface area contributed by atoms with E-state index in [4.69, 9.17) is 4.42 Å². The molecule has 1 heterocycles. The zero-order valence-corrected chi connectivity index (χ0v) is 12.2. The Labute approximate surface area is 114 Å². The quantitative estimate of drug-likeness (QED) is 0.868. The lowest BCUT2D eigenvalue weighted by Gasteiger charge is -2.24. The van der Waals surface area contributed by atoms with E-state index >= 15 is 0 Å². The molecule has 0 saturated heterocycles. The van der Waals surface area contributed by atoms with Gasteiger partial charge in [-0.2, -0.15) is 0 Å². The van der Waals surface area contributed by atoms with Gasteiger partial charge in [0, 0.05) is 32.3 Å². The highest BCUT2D eigenvalue weighted by atomic mass is 16.3. The normalized spacial score (nSPS) is 12.8. The van der Waals surface area contributed by atoms with Crippen LogP contribution in [0, 0.1) is 12.8 Å². The first kappa shape index (κ1) is 13.9. The van der Waals surface area contributed by atoms with Gasteiger partial charge in [-0.15, -0.1) is 0 Å². The molecule has 0 spiro atoms. The van der Waals surface area contributed by atoms with Gasteiger partial charge in [-0.3, -0.25) is 0 Å². The second-order valence-electron chi connectivity index (χ2n) is 5.10. The smallest absolute Gasteiger partial charge is 0.192 e. The number of aromatic nitrogens is 1. The number of hydrogen-bond acceptors (Lipinski definition) is 4. The molecule has 0 aliphatic heterocycles. The summed E-state index contributed by atoms with van der Waals surface area (Å²) < 4.78 is 5.59. The summed E-state index contributed by atoms with van der Waals surface area (Å²) in [6.07, 6.45) is 1.18. The molecular weight excluding hydrogens is 238 g/mol. The highest BCUT2D eigenvalue weighted by Crippen LogP contribution is 2.22. The van der Waals surface area contributed by atoms with Crippen LogP contribution in [0.25, 0.3) is 11.1 Å². The van der Waals surface area contributed by atoms with Crippen LogP contribution in [-0.4, -0.2) is 32.2 Å². The summed E-state index contributed by atoms with van der Waals surface area (Å²) in [5.41, 5.74) is 2.97. The number of hydrogen-bond donors (Lipinski definition) is 1. The van der Waals surface area contributed by atoms with E-state index in [0.29, 0.717) is 5.92 Å². The second-order valence-corrected chi connectivity index (χ2v) is 5.10. The predicted octanol–water partition coefficient (Wildman–Crippen LogP) is 2.82. The molecular formula is C15H23N3O. The molecule has 2 rings (SSSR count). The molecule has 4 heteroatoms. The Balaban J connectivity index is 2.13.